The van der Waals surface area contributed by atoms with Gasteiger partial charge in [0, 0.05) is 31.0 Å². The van der Waals surface area contributed by atoms with Crippen molar-refractivity contribution < 1.29 is 4.79 Å². The second-order valence-electron chi connectivity index (χ2n) is 5.97. The minimum absolute atomic E-state index is 0.135. The van der Waals surface area contributed by atoms with E-state index in [1.165, 1.54) is 17.2 Å². The molecule has 6 heteroatoms. The zero-order chi connectivity index (χ0) is 18.0. The maximum Gasteiger partial charge on any atom is 0.260 e. The molecule has 6 nitrogen and oxygen atoms in total. The quantitative estimate of drug-likeness (QED) is 0.795. The Morgan fingerprint density at radius 3 is 2.56 bits per heavy atom. The molecule has 1 amide bonds. The SMILES string of the molecule is Cc1nn(-c2ccccc2)c(C)c1CN(C)C(=O)c1ccc[nH]c1=O. The van der Waals surface area contributed by atoms with Gasteiger partial charge < -0.3 is 9.88 Å². The van der Waals surface area contributed by atoms with Gasteiger partial charge in [-0.15, -0.1) is 0 Å². The van der Waals surface area contributed by atoms with Gasteiger partial charge in [-0.2, -0.15) is 5.10 Å². The maximum atomic E-state index is 12.5. The van der Waals surface area contributed by atoms with Crippen LogP contribution in [-0.2, 0) is 6.54 Å². The Morgan fingerprint density at radius 2 is 1.88 bits per heavy atom. The summed E-state index contributed by atoms with van der Waals surface area (Å²) in [7, 11) is 1.69. The van der Waals surface area contributed by atoms with Gasteiger partial charge in [-0.25, -0.2) is 4.68 Å². The second kappa shape index (κ2) is 6.76. The first-order chi connectivity index (χ1) is 12.0. The van der Waals surface area contributed by atoms with E-state index in [0.29, 0.717) is 6.54 Å². The molecule has 0 fully saturated rings. The molecule has 1 aromatic carbocycles. The molecule has 0 bridgehead atoms. The molecule has 0 saturated carbocycles. The van der Waals surface area contributed by atoms with Crippen LogP contribution in [0.5, 0.6) is 0 Å². The summed E-state index contributed by atoms with van der Waals surface area (Å²) in [5.74, 6) is -0.312. The van der Waals surface area contributed by atoms with Crippen LogP contribution in [0.25, 0.3) is 5.69 Å². The number of pyridine rings is 1. The van der Waals surface area contributed by atoms with E-state index in [2.05, 4.69) is 10.1 Å². The molecule has 0 aliphatic heterocycles. The minimum atomic E-state index is -0.382. The molecule has 0 saturated heterocycles. The second-order valence-corrected chi connectivity index (χ2v) is 5.97. The van der Waals surface area contributed by atoms with Crippen molar-refractivity contribution in [1.82, 2.24) is 19.7 Å². The lowest BCUT2D eigenvalue weighted by molar-refractivity contribution is 0.0783. The van der Waals surface area contributed by atoms with Crippen molar-refractivity contribution in [3.8, 4) is 5.69 Å². The lowest BCUT2D eigenvalue weighted by Crippen LogP contribution is -2.31. The van der Waals surface area contributed by atoms with Crippen molar-refractivity contribution in [3.63, 3.8) is 0 Å². The van der Waals surface area contributed by atoms with E-state index in [1.54, 1.807) is 13.1 Å². The fourth-order valence-electron chi connectivity index (χ4n) is 2.83. The van der Waals surface area contributed by atoms with Crippen LogP contribution in [0, 0.1) is 13.8 Å². The molecule has 1 N–H and O–H groups in total. The Kier molecular flexibility index (Phi) is 4.52. The van der Waals surface area contributed by atoms with Crippen LogP contribution in [0.3, 0.4) is 0 Å². The Labute approximate surface area is 145 Å². The number of hydrogen-bond donors (Lipinski definition) is 1. The number of rotatable bonds is 4. The fraction of sp³-hybridized carbons (Fsp3) is 0.211. The molecule has 2 heterocycles. The lowest BCUT2D eigenvalue weighted by Gasteiger charge is -2.17. The van der Waals surface area contributed by atoms with Gasteiger partial charge in [0.05, 0.1) is 11.4 Å². The number of carbonyl (C=O) groups is 1. The van der Waals surface area contributed by atoms with Gasteiger partial charge in [0.25, 0.3) is 11.5 Å². The third-order valence-corrected chi connectivity index (χ3v) is 4.23. The summed E-state index contributed by atoms with van der Waals surface area (Å²) >= 11 is 0. The molecule has 0 spiro atoms. The zero-order valence-electron chi connectivity index (χ0n) is 14.5. The summed E-state index contributed by atoms with van der Waals surface area (Å²) in [6.07, 6.45) is 1.51. The number of para-hydroxylation sites is 1. The number of nitrogens with one attached hydrogen (secondary N) is 1. The van der Waals surface area contributed by atoms with Crippen LogP contribution in [0.4, 0.5) is 0 Å². The fourth-order valence-corrected chi connectivity index (χ4v) is 2.83. The van der Waals surface area contributed by atoms with Crippen LogP contribution >= 0.6 is 0 Å². The number of aromatic nitrogens is 3. The Bertz CT molecular complexity index is 957. The Hall–Kier alpha value is -3.15. The lowest BCUT2D eigenvalue weighted by atomic mass is 10.1. The van der Waals surface area contributed by atoms with E-state index in [-0.39, 0.29) is 17.0 Å². The van der Waals surface area contributed by atoms with Crippen molar-refractivity contribution in [2.45, 2.75) is 20.4 Å². The number of benzene rings is 1. The van der Waals surface area contributed by atoms with Crippen LogP contribution in [0.15, 0.2) is 53.5 Å². The summed E-state index contributed by atoms with van der Waals surface area (Å²) in [5, 5.41) is 4.59. The van der Waals surface area contributed by atoms with Crippen molar-refractivity contribution in [2.75, 3.05) is 7.05 Å². The minimum Gasteiger partial charge on any atom is -0.337 e. The van der Waals surface area contributed by atoms with Gasteiger partial charge in [0.15, 0.2) is 0 Å². The number of aromatic amines is 1. The molecule has 0 atom stereocenters. The average Bonchev–Trinajstić information content (AvgIpc) is 2.90. The molecule has 0 radical (unpaired) electrons. The van der Waals surface area contributed by atoms with E-state index >= 15 is 0 Å². The van der Waals surface area contributed by atoms with E-state index in [1.807, 2.05) is 48.9 Å². The average molecular weight is 336 g/mol. The number of nitrogens with zero attached hydrogens (tertiary/aromatic N) is 3. The molecule has 3 rings (SSSR count). The molecule has 3 aromatic rings. The number of carbonyl (C=O) groups excluding carboxylic acids is 1. The predicted molar refractivity (Wildman–Crippen MR) is 95.9 cm³/mol. The third kappa shape index (κ3) is 3.24. The summed E-state index contributed by atoms with van der Waals surface area (Å²) < 4.78 is 1.87. The van der Waals surface area contributed by atoms with E-state index in [0.717, 1.165) is 22.6 Å². The highest BCUT2D eigenvalue weighted by Crippen LogP contribution is 2.19. The molecule has 0 unspecified atom stereocenters. The maximum absolute atomic E-state index is 12.5. The van der Waals surface area contributed by atoms with Gasteiger partial charge in [-0.1, -0.05) is 18.2 Å². The predicted octanol–water partition coefficient (Wildman–Crippen LogP) is 2.45. The summed E-state index contributed by atoms with van der Waals surface area (Å²) in [5.41, 5.74) is 3.55. The van der Waals surface area contributed by atoms with Crippen molar-refractivity contribution in [1.29, 1.82) is 0 Å². The number of amides is 1. The standard InChI is InChI=1S/C19H20N4O2/c1-13-17(14(2)23(21-13)15-8-5-4-6-9-15)12-22(3)19(25)16-10-7-11-20-18(16)24/h4-11H,12H2,1-3H3,(H,20,24). The topological polar surface area (TPSA) is 71.0 Å². The van der Waals surface area contributed by atoms with Gasteiger partial charge >= 0.3 is 0 Å². The molecule has 128 valence electrons. The summed E-state index contributed by atoms with van der Waals surface area (Å²) in [6, 6.07) is 13.0. The molecule has 0 aliphatic rings. The third-order valence-electron chi connectivity index (χ3n) is 4.23. The zero-order valence-corrected chi connectivity index (χ0v) is 14.5. The van der Waals surface area contributed by atoms with Crippen LogP contribution in [0.2, 0.25) is 0 Å². The van der Waals surface area contributed by atoms with Crippen molar-refractivity contribution >= 4 is 5.91 Å². The summed E-state index contributed by atoms with van der Waals surface area (Å²) in [4.78, 5) is 28.4. The molecular formula is C19H20N4O2. The van der Waals surface area contributed by atoms with Gasteiger partial charge in [0.2, 0.25) is 0 Å². The van der Waals surface area contributed by atoms with E-state index in [4.69, 9.17) is 0 Å². The van der Waals surface area contributed by atoms with Crippen LogP contribution in [-0.4, -0.2) is 32.6 Å². The van der Waals surface area contributed by atoms with Gasteiger partial charge in [0.1, 0.15) is 5.56 Å². The van der Waals surface area contributed by atoms with Gasteiger partial charge in [-0.3, -0.25) is 9.59 Å². The molecular weight excluding hydrogens is 316 g/mol. The Balaban J connectivity index is 1.88. The highest BCUT2D eigenvalue weighted by Gasteiger charge is 2.19. The van der Waals surface area contributed by atoms with Crippen molar-refractivity contribution in [2.24, 2.45) is 0 Å². The van der Waals surface area contributed by atoms with Gasteiger partial charge in [-0.05, 0) is 38.1 Å². The monoisotopic (exact) mass is 336 g/mol. The number of H-pyrrole nitrogens is 1. The van der Waals surface area contributed by atoms with Crippen LogP contribution in [0.1, 0.15) is 27.3 Å². The largest absolute Gasteiger partial charge is 0.337 e. The first kappa shape index (κ1) is 16.7. The van der Waals surface area contributed by atoms with E-state index < -0.39 is 0 Å². The van der Waals surface area contributed by atoms with Crippen molar-refractivity contribution in [3.05, 3.63) is 81.5 Å². The normalized spacial score (nSPS) is 10.7. The van der Waals surface area contributed by atoms with Crippen LogP contribution < -0.4 is 5.56 Å². The molecule has 25 heavy (non-hydrogen) atoms. The number of hydrogen-bond acceptors (Lipinski definition) is 3. The number of aryl methyl sites for hydroxylation is 1. The first-order valence-electron chi connectivity index (χ1n) is 8.02. The summed E-state index contributed by atoms with van der Waals surface area (Å²) in [6.45, 7) is 4.29. The highest BCUT2D eigenvalue weighted by molar-refractivity contribution is 5.93. The molecule has 0 aliphatic carbocycles. The van der Waals surface area contributed by atoms with E-state index in [9.17, 15) is 9.59 Å². The highest BCUT2D eigenvalue weighted by atomic mass is 16.2. The first-order valence-corrected chi connectivity index (χ1v) is 8.02. The smallest absolute Gasteiger partial charge is 0.260 e. The Morgan fingerprint density at radius 1 is 1.16 bits per heavy atom. The molecule has 2 aromatic heterocycles.